The molecule has 5 heteroatoms. The maximum atomic E-state index is 12.2. The number of hydrogen-bond acceptors (Lipinski definition) is 4. The van der Waals surface area contributed by atoms with E-state index in [4.69, 9.17) is 4.74 Å². The maximum Gasteiger partial charge on any atom is 0.410 e. The number of unbranched alkanes of at least 4 members (excludes halogenated alkanes) is 3. The van der Waals surface area contributed by atoms with Gasteiger partial charge in [-0.1, -0.05) is 12.8 Å². The second kappa shape index (κ2) is 8.88. The predicted octanol–water partition coefficient (Wildman–Crippen LogP) is 2.80. The minimum Gasteiger partial charge on any atom is -0.447 e. The van der Waals surface area contributed by atoms with Crippen molar-refractivity contribution in [1.29, 1.82) is 0 Å². The second-order valence-corrected chi connectivity index (χ2v) is 7.70. The van der Waals surface area contributed by atoms with Crippen LogP contribution in [0.25, 0.3) is 0 Å². The van der Waals surface area contributed by atoms with Crippen LogP contribution in [0.15, 0.2) is 0 Å². The topological polar surface area (TPSA) is 36.0 Å². The third kappa shape index (κ3) is 5.64. The lowest BCUT2D eigenvalue weighted by molar-refractivity contribution is 0.0277. The number of fused-ring (bicyclic) bond motifs is 2. The van der Waals surface area contributed by atoms with Gasteiger partial charge in [-0.05, 0) is 66.7 Å². The van der Waals surface area contributed by atoms with Crippen molar-refractivity contribution in [3.8, 4) is 0 Å². The van der Waals surface area contributed by atoms with Gasteiger partial charge in [0.2, 0.25) is 0 Å². The summed E-state index contributed by atoms with van der Waals surface area (Å²) in [5.74, 6) is 0. The minimum atomic E-state index is -0.101. The van der Waals surface area contributed by atoms with Gasteiger partial charge in [-0.25, -0.2) is 4.79 Å². The fourth-order valence-corrected chi connectivity index (χ4v) is 3.85. The number of carbonyl (C=O) groups is 1. The van der Waals surface area contributed by atoms with Gasteiger partial charge in [0.05, 0.1) is 6.10 Å². The molecule has 5 nitrogen and oxygen atoms in total. The molecular formula is C18H35N3O2. The molecular weight excluding hydrogens is 290 g/mol. The number of rotatable bonds is 8. The molecule has 0 aromatic rings. The Hall–Kier alpha value is -0.810. The first-order chi connectivity index (χ1) is 11.0. The standard InChI is InChI=1S/C18H35N3O2/c1-15(2)23-18(22)21-16-9-10-17(21)14-20(13-16)12-8-6-5-7-11-19(3)4/h15-17H,5-14H2,1-4H3. The van der Waals surface area contributed by atoms with Crippen LogP contribution in [0, 0.1) is 0 Å². The predicted molar refractivity (Wildman–Crippen MR) is 93.7 cm³/mol. The van der Waals surface area contributed by atoms with Crippen molar-refractivity contribution in [2.75, 3.05) is 40.3 Å². The van der Waals surface area contributed by atoms with E-state index >= 15 is 0 Å². The maximum absolute atomic E-state index is 12.2. The van der Waals surface area contributed by atoms with Crippen molar-refractivity contribution in [1.82, 2.24) is 14.7 Å². The van der Waals surface area contributed by atoms with Gasteiger partial charge in [-0.3, -0.25) is 9.80 Å². The Morgan fingerprint density at radius 1 is 1.09 bits per heavy atom. The van der Waals surface area contributed by atoms with E-state index in [1.54, 1.807) is 0 Å². The van der Waals surface area contributed by atoms with Gasteiger partial charge in [0.15, 0.2) is 0 Å². The summed E-state index contributed by atoms with van der Waals surface area (Å²) >= 11 is 0. The van der Waals surface area contributed by atoms with Crippen LogP contribution in [0.2, 0.25) is 0 Å². The fourth-order valence-electron chi connectivity index (χ4n) is 3.85. The highest BCUT2D eigenvalue weighted by Crippen LogP contribution is 2.31. The summed E-state index contributed by atoms with van der Waals surface area (Å²) in [5.41, 5.74) is 0. The molecule has 2 fully saturated rings. The fraction of sp³-hybridized carbons (Fsp3) is 0.944. The van der Waals surface area contributed by atoms with Crippen LogP contribution in [-0.4, -0.2) is 79.3 Å². The number of ether oxygens (including phenoxy) is 1. The third-order valence-corrected chi connectivity index (χ3v) is 4.93. The molecule has 23 heavy (non-hydrogen) atoms. The Balaban J connectivity index is 1.67. The monoisotopic (exact) mass is 325 g/mol. The molecule has 2 heterocycles. The molecule has 2 saturated heterocycles. The van der Waals surface area contributed by atoms with Crippen LogP contribution in [0.5, 0.6) is 0 Å². The first kappa shape index (κ1) is 18.5. The van der Waals surface area contributed by atoms with Gasteiger partial charge in [-0.15, -0.1) is 0 Å². The molecule has 134 valence electrons. The number of likely N-dealkylation sites (tertiary alicyclic amines) is 1. The van der Waals surface area contributed by atoms with E-state index in [2.05, 4.69) is 23.9 Å². The zero-order chi connectivity index (χ0) is 16.8. The van der Waals surface area contributed by atoms with Crippen LogP contribution in [0.3, 0.4) is 0 Å². The van der Waals surface area contributed by atoms with E-state index in [0.717, 1.165) is 25.9 Å². The molecule has 2 atom stereocenters. The summed E-state index contributed by atoms with van der Waals surface area (Å²) in [4.78, 5) is 19.1. The summed E-state index contributed by atoms with van der Waals surface area (Å²) in [5, 5.41) is 0. The molecule has 2 unspecified atom stereocenters. The van der Waals surface area contributed by atoms with Crippen molar-refractivity contribution in [3.05, 3.63) is 0 Å². The van der Waals surface area contributed by atoms with Crippen LogP contribution >= 0.6 is 0 Å². The Morgan fingerprint density at radius 3 is 2.26 bits per heavy atom. The van der Waals surface area contributed by atoms with Gasteiger partial charge in [0, 0.05) is 25.2 Å². The quantitative estimate of drug-likeness (QED) is 0.643. The van der Waals surface area contributed by atoms with E-state index in [1.807, 2.05) is 18.7 Å². The molecule has 2 bridgehead atoms. The lowest BCUT2D eigenvalue weighted by Crippen LogP contribution is -2.56. The van der Waals surface area contributed by atoms with E-state index < -0.39 is 0 Å². The van der Waals surface area contributed by atoms with E-state index in [0.29, 0.717) is 12.1 Å². The lowest BCUT2D eigenvalue weighted by Gasteiger charge is -2.40. The van der Waals surface area contributed by atoms with Crippen molar-refractivity contribution >= 4 is 6.09 Å². The minimum absolute atomic E-state index is 0.0258. The molecule has 2 aliphatic heterocycles. The van der Waals surface area contributed by atoms with Crippen molar-refractivity contribution < 1.29 is 9.53 Å². The molecule has 2 rings (SSSR count). The Kier molecular flexibility index (Phi) is 7.15. The summed E-state index contributed by atoms with van der Waals surface area (Å²) in [6, 6.07) is 0.738. The zero-order valence-corrected chi connectivity index (χ0v) is 15.5. The van der Waals surface area contributed by atoms with Crippen molar-refractivity contribution in [2.45, 2.75) is 70.6 Å². The molecule has 0 N–H and O–H groups in total. The average molecular weight is 325 g/mol. The molecule has 0 aliphatic carbocycles. The van der Waals surface area contributed by atoms with Crippen LogP contribution in [0.4, 0.5) is 4.79 Å². The number of piperazine rings is 1. The Labute approximate surface area is 141 Å². The normalized spacial score (nSPS) is 24.7. The molecule has 0 aromatic heterocycles. The van der Waals surface area contributed by atoms with E-state index in [-0.39, 0.29) is 12.2 Å². The number of amides is 1. The summed E-state index contributed by atoms with van der Waals surface area (Å²) in [6.07, 6.45) is 7.37. The van der Waals surface area contributed by atoms with Gasteiger partial charge < -0.3 is 9.64 Å². The molecule has 1 amide bonds. The Morgan fingerprint density at radius 2 is 1.70 bits per heavy atom. The average Bonchev–Trinajstić information content (AvgIpc) is 2.73. The molecule has 0 spiro atoms. The first-order valence-electron chi connectivity index (χ1n) is 9.33. The van der Waals surface area contributed by atoms with Gasteiger partial charge in [-0.2, -0.15) is 0 Å². The zero-order valence-electron chi connectivity index (χ0n) is 15.5. The number of carbonyl (C=O) groups excluding carboxylic acids is 1. The lowest BCUT2D eigenvalue weighted by atomic mass is 10.1. The highest BCUT2D eigenvalue weighted by atomic mass is 16.6. The van der Waals surface area contributed by atoms with E-state index in [9.17, 15) is 4.79 Å². The van der Waals surface area contributed by atoms with Crippen molar-refractivity contribution in [2.24, 2.45) is 0 Å². The highest BCUT2D eigenvalue weighted by Gasteiger charge is 2.43. The Bertz CT molecular complexity index is 359. The second-order valence-electron chi connectivity index (χ2n) is 7.70. The summed E-state index contributed by atoms with van der Waals surface area (Å²) in [6.45, 7) is 8.28. The highest BCUT2D eigenvalue weighted by molar-refractivity contribution is 5.69. The van der Waals surface area contributed by atoms with Crippen LogP contribution < -0.4 is 0 Å². The van der Waals surface area contributed by atoms with Crippen LogP contribution in [0.1, 0.15) is 52.4 Å². The molecule has 0 aromatic carbocycles. The van der Waals surface area contributed by atoms with E-state index in [1.165, 1.54) is 38.8 Å². The number of nitrogens with zero attached hydrogens (tertiary/aromatic N) is 3. The largest absolute Gasteiger partial charge is 0.447 e. The van der Waals surface area contributed by atoms with Gasteiger partial charge >= 0.3 is 6.09 Å². The summed E-state index contributed by atoms with van der Waals surface area (Å²) < 4.78 is 5.41. The van der Waals surface area contributed by atoms with Gasteiger partial charge in [0.1, 0.15) is 0 Å². The number of hydrogen-bond donors (Lipinski definition) is 0. The SMILES string of the molecule is CC(C)OC(=O)N1C2CCC1CN(CCCCCCN(C)C)C2. The molecule has 0 radical (unpaired) electrons. The first-order valence-corrected chi connectivity index (χ1v) is 9.33. The molecule has 0 saturated carbocycles. The van der Waals surface area contributed by atoms with Crippen molar-refractivity contribution in [3.63, 3.8) is 0 Å². The summed E-state index contributed by atoms with van der Waals surface area (Å²) in [7, 11) is 4.28. The van der Waals surface area contributed by atoms with Crippen LogP contribution in [-0.2, 0) is 4.74 Å². The smallest absolute Gasteiger partial charge is 0.410 e. The third-order valence-electron chi connectivity index (χ3n) is 4.93. The molecule has 2 aliphatic rings. The van der Waals surface area contributed by atoms with Gasteiger partial charge in [0.25, 0.3) is 0 Å².